The van der Waals surface area contributed by atoms with Crippen molar-refractivity contribution >= 4 is 58.5 Å². The number of hydrogen-bond acceptors (Lipinski definition) is 5. The van der Waals surface area contributed by atoms with E-state index in [4.69, 9.17) is 33.8 Å². The number of nitrogens with one attached hydrogen (secondary N) is 2. The summed E-state index contributed by atoms with van der Waals surface area (Å²) in [5.41, 5.74) is 3.96. The standard InChI is InChI=1S/C6H4Cl2.C4H10N2OS.CH4N2OS/c7-5-3-1-2-4-6(5)8;1-3(2)7-4(8)6-5;2-3-1(4)5/h1-4H;3H,5H2,1-2H3,(H,6,8);2H2,(H2,3,4,5). The molecule has 6 nitrogen and oxygen atoms in total. The lowest BCUT2D eigenvalue weighted by molar-refractivity contribution is 0.224. The van der Waals surface area contributed by atoms with E-state index in [0.717, 1.165) is 0 Å². The van der Waals surface area contributed by atoms with Gasteiger partial charge in [-0.2, -0.15) is 0 Å². The highest BCUT2D eigenvalue weighted by Crippen LogP contribution is 2.19. The molecule has 0 radical (unpaired) electrons. The van der Waals surface area contributed by atoms with Crippen molar-refractivity contribution in [2.75, 3.05) is 0 Å². The summed E-state index contributed by atoms with van der Waals surface area (Å²) in [6.07, 6.45) is 0.0959. The number of carbonyl (C=O) groups is 1. The molecule has 0 aliphatic carbocycles. The number of nitrogens with two attached hydrogens (primary N) is 2. The molecule has 0 spiro atoms. The second kappa shape index (κ2) is 14.2. The smallest absolute Gasteiger partial charge is 0.289 e. The van der Waals surface area contributed by atoms with Crippen LogP contribution in [0.3, 0.4) is 0 Å². The molecule has 0 saturated heterocycles. The predicted octanol–water partition coefficient (Wildman–Crippen LogP) is 2.65. The van der Waals surface area contributed by atoms with Crippen molar-refractivity contribution in [3.05, 3.63) is 34.3 Å². The number of ether oxygens (including phenoxy) is 1. The minimum atomic E-state index is -0.523. The Morgan fingerprint density at radius 2 is 1.62 bits per heavy atom. The Balaban J connectivity index is 0. The van der Waals surface area contributed by atoms with Crippen molar-refractivity contribution in [1.82, 2.24) is 10.9 Å². The molecule has 6 N–H and O–H groups in total. The van der Waals surface area contributed by atoms with Crippen molar-refractivity contribution in [2.24, 2.45) is 11.7 Å². The third-order valence-electron chi connectivity index (χ3n) is 1.41. The van der Waals surface area contributed by atoms with Gasteiger partial charge in [0, 0.05) is 0 Å². The minimum absolute atomic E-state index is 0.0959. The van der Waals surface area contributed by atoms with E-state index in [1.165, 1.54) is 0 Å². The molecule has 1 aromatic carbocycles. The first kappa shape index (κ1) is 22.5. The zero-order valence-electron chi connectivity index (χ0n) is 11.5. The third kappa shape index (κ3) is 17.2. The van der Waals surface area contributed by atoms with E-state index in [0.29, 0.717) is 10.0 Å². The predicted molar refractivity (Wildman–Crippen MR) is 94.3 cm³/mol. The average Bonchev–Trinajstić information content (AvgIpc) is 2.42. The number of carbonyl (C=O) groups excluding carboxylic acids is 1. The molecule has 0 aliphatic heterocycles. The second-order valence-corrected chi connectivity index (χ2v) is 5.05. The van der Waals surface area contributed by atoms with E-state index in [-0.39, 0.29) is 11.3 Å². The molecular formula is C11H18Cl2N4O2S2. The molecule has 0 aliphatic rings. The first-order chi connectivity index (χ1) is 9.74. The van der Waals surface area contributed by atoms with Gasteiger partial charge in [-0.25, -0.2) is 11.7 Å². The van der Waals surface area contributed by atoms with E-state index < -0.39 is 5.24 Å². The van der Waals surface area contributed by atoms with E-state index in [1.54, 1.807) is 17.6 Å². The van der Waals surface area contributed by atoms with Crippen LogP contribution in [0, 0.1) is 0 Å². The fourth-order valence-electron chi connectivity index (χ4n) is 0.687. The highest BCUT2D eigenvalue weighted by Gasteiger charge is 1.94. The van der Waals surface area contributed by atoms with Gasteiger partial charge in [0.2, 0.25) is 0 Å². The zero-order valence-corrected chi connectivity index (χ0v) is 14.7. The van der Waals surface area contributed by atoms with Crippen LogP contribution in [-0.2, 0) is 4.74 Å². The first-order valence-corrected chi connectivity index (χ1v) is 7.12. The summed E-state index contributed by atoms with van der Waals surface area (Å²) in [7, 11) is 0. The van der Waals surface area contributed by atoms with Crippen molar-refractivity contribution in [1.29, 1.82) is 0 Å². The topological polar surface area (TPSA) is 102 Å². The molecule has 0 saturated carbocycles. The van der Waals surface area contributed by atoms with Crippen molar-refractivity contribution < 1.29 is 9.53 Å². The number of thiocarbonyl (C=S) groups is 1. The number of hydrogen-bond donors (Lipinski definition) is 5. The van der Waals surface area contributed by atoms with Crippen LogP contribution >= 0.6 is 48.0 Å². The Morgan fingerprint density at radius 3 is 1.76 bits per heavy atom. The van der Waals surface area contributed by atoms with E-state index >= 15 is 0 Å². The lowest BCUT2D eigenvalue weighted by atomic mass is 10.4. The third-order valence-corrected chi connectivity index (χ3v) is 2.51. The maximum Gasteiger partial charge on any atom is 0.289 e. The Kier molecular flexibility index (Phi) is 15.2. The van der Waals surface area contributed by atoms with Gasteiger partial charge in [0.25, 0.3) is 10.4 Å². The Bertz CT molecular complexity index is 415. The van der Waals surface area contributed by atoms with Gasteiger partial charge in [0.15, 0.2) is 0 Å². The number of halogens is 2. The van der Waals surface area contributed by atoms with Crippen LogP contribution in [0.4, 0.5) is 4.79 Å². The number of amides is 1. The van der Waals surface area contributed by atoms with Gasteiger partial charge in [0.1, 0.15) is 0 Å². The molecule has 0 atom stereocenters. The number of rotatable bonds is 1. The summed E-state index contributed by atoms with van der Waals surface area (Å²) in [5.74, 6) is 9.40. The van der Waals surface area contributed by atoms with Crippen LogP contribution in [0.1, 0.15) is 13.8 Å². The van der Waals surface area contributed by atoms with Gasteiger partial charge in [-0.1, -0.05) is 48.0 Å². The molecule has 1 amide bonds. The van der Waals surface area contributed by atoms with Crippen molar-refractivity contribution in [3.8, 4) is 0 Å². The van der Waals surface area contributed by atoms with Gasteiger partial charge < -0.3 is 4.74 Å². The molecule has 0 unspecified atom stereocenters. The summed E-state index contributed by atoms with van der Waals surface area (Å²) >= 11 is 18.9. The highest BCUT2D eigenvalue weighted by atomic mass is 35.5. The molecular weight excluding hydrogens is 355 g/mol. The molecule has 0 fully saturated rings. The normalized spacial score (nSPS) is 8.57. The van der Waals surface area contributed by atoms with Crippen molar-refractivity contribution in [3.63, 3.8) is 0 Å². The summed E-state index contributed by atoms with van der Waals surface area (Å²) in [6.45, 7) is 3.76. The molecule has 0 heterocycles. The molecule has 1 aromatic rings. The van der Waals surface area contributed by atoms with Gasteiger partial charge in [-0.15, -0.1) is 0 Å². The largest absolute Gasteiger partial charge is 0.467 e. The fraction of sp³-hybridized carbons (Fsp3) is 0.273. The van der Waals surface area contributed by atoms with E-state index in [1.807, 2.05) is 26.0 Å². The van der Waals surface area contributed by atoms with Crippen LogP contribution in [0.15, 0.2) is 24.3 Å². The number of hydrazine groups is 2. The summed E-state index contributed by atoms with van der Waals surface area (Å²) in [4.78, 5) is 9.44. The molecule has 0 aromatic heterocycles. The fourth-order valence-corrected chi connectivity index (χ4v) is 1.15. The maximum absolute atomic E-state index is 9.44. The Hall–Kier alpha value is -0.770. The molecule has 1 rings (SSSR count). The van der Waals surface area contributed by atoms with Gasteiger partial charge >= 0.3 is 0 Å². The lowest BCUT2D eigenvalue weighted by Gasteiger charge is -2.07. The van der Waals surface area contributed by atoms with Crippen LogP contribution in [0.25, 0.3) is 0 Å². The summed E-state index contributed by atoms with van der Waals surface area (Å²) in [5, 5.41) is 0.924. The first-order valence-electron chi connectivity index (χ1n) is 5.51. The summed E-state index contributed by atoms with van der Waals surface area (Å²) < 4.78 is 4.89. The van der Waals surface area contributed by atoms with Gasteiger partial charge in [0.05, 0.1) is 16.1 Å². The van der Waals surface area contributed by atoms with Crippen LogP contribution in [0.2, 0.25) is 10.0 Å². The molecule has 21 heavy (non-hydrogen) atoms. The van der Waals surface area contributed by atoms with Crippen molar-refractivity contribution in [2.45, 2.75) is 20.0 Å². The van der Waals surface area contributed by atoms with E-state index in [9.17, 15) is 4.79 Å². The zero-order chi connectivity index (χ0) is 16.8. The van der Waals surface area contributed by atoms with Crippen LogP contribution in [0.5, 0.6) is 0 Å². The minimum Gasteiger partial charge on any atom is -0.467 e. The van der Waals surface area contributed by atoms with E-state index in [2.05, 4.69) is 36.1 Å². The summed E-state index contributed by atoms with van der Waals surface area (Å²) in [6, 6.07) is 7.19. The number of thiol groups is 1. The maximum atomic E-state index is 9.44. The lowest BCUT2D eigenvalue weighted by Crippen LogP contribution is -2.32. The quantitative estimate of drug-likeness (QED) is 0.171. The molecule has 10 heteroatoms. The number of benzene rings is 1. The van der Waals surface area contributed by atoms with Gasteiger partial charge in [-0.05, 0) is 38.2 Å². The van der Waals surface area contributed by atoms with Crippen LogP contribution < -0.4 is 22.5 Å². The monoisotopic (exact) mass is 372 g/mol. The van der Waals surface area contributed by atoms with Crippen LogP contribution in [-0.4, -0.2) is 16.5 Å². The van der Waals surface area contributed by atoms with Gasteiger partial charge in [-0.3, -0.25) is 15.6 Å². The Morgan fingerprint density at radius 1 is 1.24 bits per heavy atom. The average molecular weight is 373 g/mol. The second-order valence-electron chi connectivity index (χ2n) is 3.46. The highest BCUT2D eigenvalue weighted by molar-refractivity contribution is 7.96. The Labute approximate surface area is 144 Å². The molecule has 120 valence electrons. The molecule has 0 bridgehead atoms. The SMILES string of the molecule is CC(C)OC(=S)NN.Clc1ccccc1Cl.NNC(=O)S.